The first-order valence-electron chi connectivity index (χ1n) is 7.89. The van der Waals surface area contributed by atoms with Crippen molar-refractivity contribution >= 4 is 11.0 Å². The second-order valence-corrected chi connectivity index (χ2v) is 5.91. The van der Waals surface area contributed by atoms with Crippen molar-refractivity contribution in [3.63, 3.8) is 0 Å². The molecule has 0 unspecified atom stereocenters. The van der Waals surface area contributed by atoms with Crippen LogP contribution in [-0.2, 0) is 6.18 Å². The van der Waals surface area contributed by atoms with E-state index >= 15 is 0 Å². The van der Waals surface area contributed by atoms with Crippen LogP contribution < -0.4 is 0 Å². The third-order valence-electron chi connectivity index (χ3n) is 3.92. The fourth-order valence-corrected chi connectivity index (χ4v) is 2.68. The fraction of sp³-hybridized carbons (Fsp3) is 0.105. The number of hydrogen-bond donors (Lipinski definition) is 0. The Bertz CT molecular complexity index is 1130. The van der Waals surface area contributed by atoms with Gasteiger partial charge in [0.15, 0.2) is 5.69 Å². The van der Waals surface area contributed by atoms with Crippen LogP contribution in [0.5, 0.6) is 0 Å². The number of aromatic nitrogens is 3. The molecule has 0 fully saturated rings. The molecule has 0 saturated carbocycles. The second kappa shape index (κ2) is 6.15. The molecule has 0 spiro atoms. The van der Waals surface area contributed by atoms with Gasteiger partial charge >= 0.3 is 6.18 Å². The number of alkyl halides is 3. The Balaban J connectivity index is 1.94. The number of hydrogen-bond acceptors (Lipinski definition) is 4. The highest BCUT2D eigenvalue weighted by Gasteiger charge is 2.37. The highest BCUT2D eigenvalue weighted by molar-refractivity contribution is 5.82. The topological polar surface area (TPSA) is 51.8 Å². The zero-order valence-electron chi connectivity index (χ0n) is 13.9. The van der Waals surface area contributed by atoms with Crippen LogP contribution in [0.2, 0.25) is 0 Å². The van der Waals surface area contributed by atoms with Crippen molar-refractivity contribution in [3.05, 3.63) is 65.9 Å². The Morgan fingerprint density at radius 1 is 0.889 bits per heavy atom. The smallest absolute Gasteiger partial charge is 0.435 e. The lowest BCUT2D eigenvalue weighted by atomic mass is 10.1. The lowest BCUT2D eigenvalue weighted by molar-refractivity contribution is -0.140. The van der Waals surface area contributed by atoms with E-state index in [4.69, 9.17) is 4.42 Å². The number of benzene rings is 2. The Labute approximate surface area is 150 Å². The Kier molecular flexibility index (Phi) is 3.91. The lowest BCUT2D eigenvalue weighted by Gasteiger charge is -2.13. The molecule has 27 heavy (non-hydrogen) atoms. The van der Waals surface area contributed by atoms with Crippen molar-refractivity contribution in [2.24, 2.45) is 0 Å². The van der Waals surface area contributed by atoms with Crippen molar-refractivity contribution in [1.29, 1.82) is 0 Å². The molecule has 8 heteroatoms. The summed E-state index contributed by atoms with van der Waals surface area (Å²) in [5, 5.41) is 0. The highest BCUT2D eigenvalue weighted by Crippen LogP contribution is 2.36. The van der Waals surface area contributed by atoms with Crippen molar-refractivity contribution in [3.8, 4) is 22.7 Å². The van der Waals surface area contributed by atoms with E-state index in [0.29, 0.717) is 17.2 Å². The molecule has 0 N–H and O–H groups in total. The molecule has 2 aromatic heterocycles. The molecule has 0 radical (unpaired) electrons. The number of rotatable bonds is 2. The first kappa shape index (κ1) is 17.1. The van der Waals surface area contributed by atoms with Gasteiger partial charge in [-0.15, -0.1) is 0 Å². The van der Waals surface area contributed by atoms with Crippen molar-refractivity contribution < 1.29 is 22.0 Å². The molecule has 136 valence electrons. The predicted octanol–water partition coefficient (Wildman–Crippen LogP) is 5.42. The Morgan fingerprint density at radius 2 is 1.59 bits per heavy atom. The lowest BCUT2D eigenvalue weighted by Crippen LogP contribution is -2.12. The first-order valence-corrected chi connectivity index (χ1v) is 7.89. The zero-order chi connectivity index (χ0) is 19.2. The van der Waals surface area contributed by atoms with Gasteiger partial charge in [-0.3, -0.25) is 0 Å². The summed E-state index contributed by atoms with van der Waals surface area (Å²) in [6.45, 7) is 1.74. The summed E-state index contributed by atoms with van der Waals surface area (Å²) < 4.78 is 59.1. The number of fused-ring (bicyclic) bond motifs is 1. The quantitative estimate of drug-likeness (QED) is 0.441. The number of nitrogens with zero attached hydrogens (tertiary/aromatic N) is 3. The minimum Gasteiger partial charge on any atom is -0.441 e. The van der Waals surface area contributed by atoms with Crippen LogP contribution in [0, 0.1) is 12.7 Å². The Morgan fingerprint density at radius 3 is 2.22 bits per heavy atom. The van der Waals surface area contributed by atoms with E-state index in [2.05, 4.69) is 15.0 Å². The van der Waals surface area contributed by atoms with Crippen LogP contribution in [0.3, 0.4) is 0 Å². The van der Waals surface area contributed by atoms with Gasteiger partial charge in [0.05, 0.1) is 17.2 Å². The molecule has 0 saturated heterocycles. The van der Waals surface area contributed by atoms with E-state index in [0.717, 1.165) is 12.1 Å². The van der Waals surface area contributed by atoms with Crippen molar-refractivity contribution in [2.75, 3.05) is 0 Å². The third-order valence-corrected chi connectivity index (χ3v) is 3.92. The third kappa shape index (κ3) is 3.25. The zero-order valence-corrected chi connectivity index (χ0v) is 13.9. The van der Waals surface area contributed by atoms with Gasteiger partial charge in [-0.25, -0.2) is 19.3 Å². The molecule has 4 aromatic rings. The van der Waals surface area contributed by atoms with Gasteiger partial charge in [0.2, 0.25) is 5.89 Å². The maximum atomic E-state index is 13.5. The standard InChI is InChI=1S/C19H11F4N3O/c1-10-9-24-18(27-10)12-4-7-14-15(8-12)25-16(17(26-14)19(21,22)23)11-2-5-13(20)6-3-11/h2-9H,1H3. The van der Waals surface area contributed by atoms with E-state index in [1.807, 2.05) is 0 Å². The van der Waals surface area contributed by atoms with Crippen LogP contribution in [0.4, 0.5) is 17.6 Å². The molecule has 0 amide bonds. The average Bonchev–Trinajstić information content (AvgIpc) is 3.06. The largest absolute Gasteiger partial charge is 0.441 e. The van der Waals surface area contributed by atoms with Crippen molar-refractivity contribution in [2.45, 2.75) is 13.1 Å². The minimum atomic E-state index is -4.71. The molecular formula is C19H11F4N3O. The van der Waals surface area contributed by atoms with E-state index in [1.165, 1.54) is 18.2 Å². The summed E-state index contributed by atoms with van der Waals surface area (Å²) in [6, 6.07) is 9.19. The summed E-state index contributed by atoms with van der Waals surface area (Å²) in [7, 11) is 0. The molecule has 2 aromatic carbocycles. The molecule has 0 aliphatic rings. The van der Waals surface area contributed by atoms with Gasteiger partial charge < -0.3 is 4.42 Å². The summed E-state index contributed by atoms with van der Waals surface area (Å²) in [5.74, 6) is 0.387. The van der Waals surface area contributed by atoms with Gasteiger partial charge in [-0.1, -0.05) is 0 Å². The molecule has 2 heterocycles. The van der Waals surface area contributed by atoms with E-state index in [9.17, 15) is 17.6 Å². The number of halogens is 4. The van der Waals surface area contributed by atoms with Crippen LogP contribution in [0.15, 0.2) is 53.1 Å². The maximum Gasteiger partial charge on any atom is 0.435 e. The van der Waals surface area contributed by atoms with Gasteiger partial charge in [-0.05, 0) is 49.4 Å². The van der Waals surface area contributed by atoms with Gasteiger partial charge in [0, 0.05) is 11.1 Å². The Hall–Kier alpha value is -3.29. The molecule has 4 rings (SSSR count). The highest BCUT2D eigenvalue weighted by atomic mass is 19.4. The second-order valence-electron chi connectivity index (χ2n) is 5.91. The molecule has 0 aliphatic carbocycles. The van der Waals surface area contributed by atoms with Crippen LogP contribution in [-0.4, -0.2) is 15.0 Å². The average molecular weight is 373 g/mol. The molecular weight excluding hydrogens is 362 g/mol. The van der Waals surface area contributed by atoms with Crippen LogP contribution in [0.1, 0.15) is 11.5 Å². The number of aryl methyl sites for hydroxylation is 1. The van der Waals surface area contributed by atoms with E-state index < -0.39 is 17.7 Å². The number of oxazole rings is 1. The summed E-state index contributed by atoms with van der Waals surface area (Å²) in [4.78, 5) is 12.0. The maximum absolute atomic E-state index is 13.5. The predicted molar refractivity (Wildman–Crippen MR) is 90.2 cm³/mol. The first-order chi connectivity index (χ1) is 12.8. The van der Waals surface area contributed by atoms with E-state index in [-0.39, 0.29) is 22.3 Å². The van der Waals surface area contributed by atoms with Gasteiger partial charge in [0.1, 0.15) is 17.3 Å². The molecule has 0 atom stereocenters. The normalized spacial score (nSPS) is 11.9. The molecule has 4 nitrogen and oxygen atoms in total. The van der Waals surface area contributed by atoms with E-state index in [1.54, 1.807) is 25.3 Å². The fourth-order valence-electron chi connectivity index (χ4n) is 2.68. The van der Waals surface area contributed by atoms with Crippen LogP contribution in [0.25, 0.3) is 33.7 Å². The van der Waals surface area contributed by atoms with Gasteiger partial charge in [-0.2, -0.15) is 13.2 Å². The SMILES string of the molecule is Cc1cnc(-c2ccc3nc(C(F)(F)F)c(-c4ccc(F)cc4)nc3c2)o1. The molecule has 0 aliphatic heterocycles. The summed E-state index contributed by atoms with van der Waals surface area (Å²) >= 11 is 0. The van der Waals surface area contributed by atoms with Gasteiger partial charge in [0.25, 0.3) is 0 Å². The van der Waals surface area contributed by atoms with Crippen LogP contribution >= 0.6 is 0 Å². The monoisotopic (exact) mass is 373 g/mol. The van der Waals surface area contributed by atoms with Crippen molar-refractivity contribution in [1.82, 2.24) is 15.0 Å². The summed E-state index contributed by atoms with van der Waals surface area (Å²) in [5.41, 5.74) is -0.474. The molecule has 0 bridgehead atoms. The summed E-state index contributed by atoms with van der Waals surface area (Å²) in [6.07, 6.45) is -3.16. The minimum absolute atomic E-state index is 0.0835.